The number of benzene rings is 2. The summed E-state index contributed by atoms with van der Waals surface area (Å²) >= 11 is 1.36. The largest absolute Gasteiger partial charge is 0.493 e. The van der Waals surface area contributed by atoms with Crippen molar-refractivity contribution in [2.75, 3.05) is 52.8 Å². The fraction of sp³-hybridized carbons (Fsp3) is 0.394. The van der Waals surface area contributed by atoms with Crippen molar-refractivity contribution in [3.05, 3.63) is 78.0 Å². The van der Waals surface area contributed by atoms with Crippen molar-refractivity contribution in [3.63, 3.8) is 0 Å². The Kier molecular flexibility index (Phi) is 11.3. The summed E-state index contributed by atoms with van der Waals surface area (Å²) in [6.07, 6.45) is 1.89. The van der Waals surface area contributed by atoms with E-state index in [0.717, 1.165) is 16.2 Å². The van der Waals surface area contributed by atoms with Gasteiger partial charge in [0, 0.05) is 39.4 Å². The molecule has 0 unspecified atom stereocenters. The minimum absolute atomic E-state index is 0.0719. The lowest BCUT2D eigenvalue weighted by atomic mass is 10.1. The Labute approximate surface area is 267 Å². The van der Waals surface area contributed by atoms with E-state index in [4.69, 9.17) is 18.9 Å². The first-order valence-electron chi connectivity index (χ1n) is 14.8. The molecule has 2 aromatic carbocycles. The first-order chi connectivity index (χ1) is 21.9. The summed E-state index contributed by atoms with van der Waals surface area (Å²) in [6.45, 7) is 1.29. The van der Waals surface area contributed by atoms with Gasteiger partial charge in [-0.15, -0.1) is 0 Å². The van der Waals surface area contributed by atoms with E-state index < -0.39 is 12.1 Å². The van der Waals surface area contributed by atoms with Crippen LogP contribution in [0.25, 0.3) is 0 Å². The Morgan fingerprint density at radius 2 is 1.93 bits per heavy atom. The van der Waals surface area contributed by atoms with Gasteiger partial charge in [0.15, 0.2) is 11.5 Å². The van der Waals surface area contributed by atoms with Crippen molar-refractivity contribution in [3.8, 4) is 17.2 Å². The van der Waals surface area contributed by atoms with Crippen LogP contribution in [-0.4, -0.2) is 97.4 Å². The third-order valence-electron chi connectivity index (χ3n) is 7.64. The van der Waals surface area contributed by atoms with Gasteiger partial charge in [0.05, 0.1) is 49.8 Å². The number of rotatable bonds is 7. The summed E-state index contributed by atoms with van der Waals surface area (Å²) in [5.74, 6) is 1.36. The molecule has 5 rings (SSSR count). The molecule has 11 nitrogen and oxygen atoms in total. The summed E-state index contributed by atoms with van der Waals surface area (Å²) in [5, 5.41) is 3.81. The fourth-order valence-corrected chi connectivity index (χ4v) is 6.02. The highest BCUT2D eigenvalue weighted by atomic mass is 32.2. The van der Waals surface area contributed by atoms with Gasteiger partial charge in [0.2, 0.25) is 17.7 Å². The molecule has 0 radical (unpaired) electrons. The molecule has 3 heterocycles. The monoisotopic (exact) mass is 634 g/mol. The Bertz CT molecular complexity index is 1470. The topological polar surface area (TPSA) is 120 Å². The number of likely N-dealkylation sites (tertiary alicyclic amines) is 1. The zero-order valence-corrected chi connectivity index (χ0v) is 26.3. The molecule has 2 atom stereocenters. The summed E-state index contributed by atoms with van der Waals surface area (Å²) in [5.41, 5.74) is 1.77. The predicted octanol–water partition coefficient (Wildman–Crippen LogP) is 3.31. The highest BCUT2D eigenvalue weighted by Gasteiger charge is 2.37. The normalized spacial score (nSPS) is 19.2. The number of thioether (sulfide) groups is 1. The standard InChI is InChI=1S/C33H38N4O7S/c1-41-15-14-36-20-30(38)35-26-18-37(33(40)22-45-31-8-3-4-13-34-31)19-29(26)43-21-24-6-5-7-25(16-24)44-28-17-23(10-12-32(36)39)9-11-27(28)42-2/h3-9,11,13,16-17,26,29H,10,12,14-15,18-22H2,1-2H3,(H,35,38)/t26-,29-/m0/s1. The average Bonchev–Trinajstić information content (AvgIpc) is 3.46. The van der Waals surface area contributed by atoms with E-state index in [2.05, 4.69) is 10.3 Å². The third-order valence-corrected chi connectivity index (χ3v) is 8.57. The number of nitrogens with one attached hydrogen (secondary N) is 1. The number of nitrogens with zero attached hydrogens (tertiary/aromatic N) is 3. The average molecular weight is 635 g/mol. The number of hydrogen-bond acceptors (Lipinski definition) is 9. The van der Waals surface area contributed by atoms with Crippen molar-refractivity contribution in [2.45, 2.75) is 36.6 Å². The number of methoxy groups -OCH3 is 2. The summed E-state index contributed by atoms with van der Waals surface area (Å²) in [6, 6.07) is 18.3. The van der Waals surface area contributed by atoms with Crippen molar-refractivity contribution in [1.29, 1.82) is 0 Å². The number of amides is 3. The van der Waals surface area contributed by atoms with Crippen LogP contribution in [0.15, 0.2) is 71.9 Å². The summed E-state index contributed by atoms with van der Waals surface area (Å²) in [4.78, 5) is 47.3. The molecule has 0 aliphatic carbocycles. The molecule has 2 aliphatic heterocycles. The van der Waals surface area contributed by atoms with Gasteiger partial charge in [0.1, 0.15) is 5.75 Å². The predicted molar refractivity (Wildman–Crippen MR) is 168 cm³/mol. The van der Waals surface area contributed by atoms with E-state index in [9.17, 15) is 14.4 Å². The van der Waals surface area contributed by atoms with Crippen LogP contribution in [0.5, 0.6) is 17.2 Å². The number of fused-ring (bicyclic) bond motifs is 5. The minimum atomic E-state index is -0.457. The van der Waals surface area contributed by atoms with Gasteiger partial charge in [-0.2, -0.15) is 0 Å². The second kappa shape index (κ2) is 15.7. The Morgan fingerprint density at radius 3 is 2.73 bits per heavy atom. The second-order valence-electron chi connectivity index (χ2n) is 10.8. The summed E-state index contributed by atoms with van der Waals surface area (Å²) < 4.78 is 23.3. The Hall–Kier alpha value is -4.13. The number of carbonyl (C=O) groups is 3. The van der Waals surface area contributed by atoms with E-state index >= 15 is 0 Å². The highest BCUT2D eigenvalue weighted by Crippen LogP contribution is 2.33. The number of carbonyl (C=O) groups excluding carboxylic acids is 3. The van der Waals surface area contributed by atoms with Crippen LogP contribution >= 0.6 is 11.8 Å². The van der Waals surface area contributed by atoms with Gasteiger partial charge in [-0.25, -0.2) is 4.98 Å². The maximum Gasteiger partial charge on any atom is 0.239 e. The first-order valence-corrected chi connectivity index (χ1v) is 15.8. The highest BCUT2D eigenvalue weighted by molar-refractivity contribution is 7.99. The van der Waals surface area contributed by atoms with Gasteiger partial charge in [-0.3, -0.25) is 14.4 Å². The van der Waals surface area contributed by atoms with Crippen LogP contribution in [0.3, 0.4) is 0 Å². The molecule has 1 saturated heterocycles. The van der Waals surface area contributed by atoms with Crippen molar-refractivity contribution in [1.82, 2.24) is 20.1 Å². The fourth-order valence-electron chi connectivity index (χ4n) is 5.26. The van der Waals surface area contributed by atoms with Crippen LogP contribution in [0.2, 0.25) is 0 Å². The van der Waals surface area contributed by atoms with Gasteiger partial charge in [0.25, 0.3) is 0 Å². The van der Waals surface area contributed by atoms with Crippen LogP contribution in [0.4, 0.5) is 0 Å². The number of ether oxygens (including phenoxy) is 4. The first kappa shape index (κ1) is 32.3. The maximum absolute atomic E-state index is 13.3. The van der Waals surface area contributed by atoms with E-state index in [1.807, 2.05) is 60.7 Å². The van der Waals surface area contributed by atoms with Gasteiger partial charge < -0.3 is 34.1 Å². The number of pyridine rings is 1. The molecule has 4 bridgehead atoms. The Morgan fingerprint density at radius 1 is 1.04 bits per heavy atom. The van der Waals surface area contributed by atoms with Gasteiger partial charge in [-0.1, -0.05) is 36.0 Å². The smallest absolute Gasteiger partial charge is 0.239 e. The molecule has 12 heteroatoms. The zero-order chi connectivity index (χ0) is 31.6. The number of aromatic nitrogens is 1. The van der Waals surface area contributed by atoms with E-state index in [1.165, 1.54) is 16.7 Å². The van der Waals surface area contributed by atoms with Crippen LogP contribution in [-0.2, 0) is 36.9 Å². The molecule has 1 fully saturated rings. The van der Waals surface area contributed by atoms with Crippen LogP contribution < -0.4 is 14.8 Å². The third kappa shape index (κ3) is 8.96. The molecule has 3 amide bonds. The van der Waals surface area contributed by atoms with Crippen LogP contribution in [0, 0.1) is 0 Å². The molecule has 2 aliphatic rings. The molecule has 3 aromatic rings. The molecule has 0 spiro atoms. The lowest BCUT2D eigenvalue weighted by Gasteiger charge is -2.25. The molecule has 1 aromatic heterocycles. The maximum atomic E-state index is 13.3. The lowest BCUT2D eigenvalue weighted by molar-refractivity contribution is -0.137. The molecular weight excluding hydrogens is 596 g/mol. The van der Waals surface area contributed by atoms with Crippen LogP contribution in [0.1, 0.15) is 17.5 Å². The molecule has 0 saturated carbocycles. The van der Waals surface area contributed by atoms with Gasteiger partial charge >= 0.3 is 0 Å². The molecule has 45 heavy (non-hydrogen) atoms. The van der Waals surface area contributed by atoms with E-state index in [-0.39, 0.29) is 49.6 Å². The van der Waals surface area contributed by atoms with E-state index in [0.29, 0.717) is 43.4 Å². The second-order valence-corrected chi connectivity index (χ2v) is 11.8. The number of hydrogen-bond donors (Lipinski definition) is 1. The number of aryl methyl sites for hydroxylation is 1. The quantitative estimate of drug-likeness (QED) is 0.391. The molecule has 238 valence electrons. The molecular formula is C33H38N4O7S. The Balaban J connectivity index is 1.37. The minimum Gasteiger partial charge on any atom is -0.493 e. The van der Waals surface area contributed by atoms with Gasteiger partial charge in [-0.05, 0) is 53.9 Å². The zero-order valence-electron chi connectivity index (χ0n) is 25.5. The molecule has 1 N–H and O–H groups in total. The van der Waals surface area contributed by atoms with Crippen molar-refractivity contribution < 1.29 is 33.3 Å². The SMILES string of the molecule is COCCN1CC(=O)N[C@H]2CN(C(=O)CSc3ccccn3)C[C@@H]2OCc2cccc(c2)Oc2cc(ccc2OC)CCC1=O. The van der Waals surface area contributed by atoms with Crippen molar-refractivity contribution in [2.24, 2.45) is 0 Å². The summed E-state index contributed by atoms with van der Waals surface area (Å²) in [7, 11) is 3.13. The lowest BCUT2D eigenvalue weighted by Crippen LogP contribution is -2.49. The van der Waals surface area contributed by atoms with Crippen molar-refractivity contribution >= 4 is 29.5 Å². The van der Waals surface area contributed by atoms with E-state index in [1.54, 1.807) is 25.3 Å².